The zero-order valence-corrected chi connectivity index (χ0v) is 11.0. The average molecular weight is 262 g/mol. The van der Waals surface area contributed by atoms with Gasteiger partial charge in [-0.05, 0) is 16.7 Å². The van der Waals surface area contributed by atoms with Gasteiger partial charge < -0.3 is 4.90 Å². The average Bonchev–Trinajstić information content (AvgIpc) is 2.93. The van der Waals surface area contributed by atoms with Crippen molar-refractivity contribution >= 4 is 5.91 Å². The van der Waals surface area contributed by atoms with E-state index >= 15 is 0 Å². The molecule has 3 heteroatoms. The molecule has 2 aromatic carbocycles. The third-order valence-electron chi connectivity index (χ3n) is 3.66. The first-order valence-electron chi connectivity index (χ1n) is 6.59. The van der Waals surface area contributed by atoms with Crippen LogP contribution in [0.1, 0.15) is 22.6 Å². The van der Waals surface area contributed by atoms with Crippen molar-refractivity contribution in [3.8, 4) is 6.07 Å². The second kappa shape index (κ2) is 5.18. The molecule has 1 aliphatic heterocycles. The van der Waals surface area contributed by atoms with Crippen molar-refractivity contribution in [1.82, 2.24) is 4.90 Å². The van der Waals surface area contributed by atoms with Crippen LogP contribution in [-0.2, 0) is 17.9 Å². The van der Waals surface area contributed by atoms with Crippen molar-refractivity contribution in [2.75, 3.05) is 0 Å². The molecule has 2 aromatic rings. The minimum absolute atomic E-state index is 0.116. The summed E-state index contributed by atoms with van der Waals surface area (Å²) in [5, 5.41) is 9.33. The maximum Gasteiger partial charge on any atom is 0.245 e. The molecule has 0 saturated carbocycles. The number of nitrogens with zero attached hydrogens (tertiary/aromatic N) is 2. The van der Waals surface area contributed by atoms with Gasteiger partial charge in [0.1, 0.15) is 5.92 Å². The topological polar surface area (TPSA) is 44.1 Å². The Morgan fingerprint density at radius 2 is 1.55 bits per heavy atom. The number of hydrogen-bond acceptors (Lipinski definition) is 2. The van der Waals surface area contributed by atoms with E-state index in [0.29, 0.717) is 13.1 Å². The Morgan fingerprint density at radius 1 is 1.00 bits per heavy atom. The van der Waals surface area contributed by atoms with Crippen LogP contribution in [0.25, 0.3) is 0 Å². The van der Waals surface area contributed by atoms with Gasteiger partial charge in [0, 0.05) is 13.1 Å². The van der Waals surface area contributed by atoms with E-state index < -0.39 is 5.92 Å². The highest BCUT2D eigenvalue weighted by molar-refractivity contribution is 5.87. The highest BCUT2D eigenvalue weighted by Gasteiger charge is 2.29. The summed E-state index contributed by atoms with van der Waals surface area (Å²) in [6.45, 7) is 1.19. The maximum absolute atomic E-state index is 12.5. The SMILES string of the molecule is N#CC(C(=O)N1Cc2ccccc2C1)c1ccccc1. The molecule has 0 aliphatic carbocycles. The van der Waals surface area contributed by atoms with Gasteiger partial charge in [-0.3, -0.25) is 4.79 Å². The fourth-order valence-corrected chi connectivity index (χ4v) is 2.59. The zero-order valence-electron chi connectivity index (χ0n) is 11.0. The molecule has 20 heavy (non-hydrogen) atoms. The molecule has 0 N–H and O–H groups in total. The highest BCUT2D eigenvalue weighted by atomic mass is 16.2. The Morgan fingerprint density at radius 3 is 2.10 bits per heavy atom. The molecular weight excluding hydrogens is 248 g/mol. The Balaban J connectivity index is 1.82. The van der Waals surface area contributed by atoms with Crippen LogP contribution in [0.4, 0.5) is 0 Å². The first-order chi connectivity index (χ1) is 9.79. The van der Waals surface area contributed by atoms with Crippen LogP contribution in [0.2, 0.25) is 0 Å². The van der Waals surface area contributed by atoms with Crippen LogP contribution < -0.4 is 0 Å². The van der Waals surface area contributed by atoms with E-state index in [0.717, 1.165) is 5.56 Å². The van der Waals surface area contributed by atoms with Crippen molar-refractivity contribution in [2.45, 2.75) is 19.0 Å². The monoisotopic (exact) mass is 262 g/mol. The maximum atomic E-state index is 12.5. The molecule has 3 rings (SSSR count). The smallest absolute Gasteiger partial charge is 0.245 e. The number of carbonyl (C=O) groups is 1. The van der Waals surface area contributed by atoms with Gasteiger partial charge in [0.2, 0.25) is 5.91 Å². The third kappa shape index (κ3) is 2.17. The minimum atomic E-state index is -0.717. The Labute approximate surface area is 118 Å². The van der Waals surface area contributed by atoms with Crippen molar-refractivity contribution in [1.29, 1.82) is 5.26 Å². The Kier molecular flexibility index (Phi) is 3.22. The number of hydrogen-bond donors (Lipinski definition) is 0. The van der Waals surface area contributed by atoms with Gasteiger partial charge in [0.15, 0.2) is 0 Å². The van der Waals surface area contributed by atoms with E-state index in [2.05, 4.69) is 6.07 Å². The lowest BCUT2D eigenvalue weighted by Gasteiger charge is -2.19. The molecule has 1 aliphatic rings. The van der Waals surface area contributed by atoms with Crippen molar-refractivity contribution < 1.29 is 4.79 Å². The minimum Gasteiger partial charge on any atom is -0.333 e. The van der Waals surface area contributed by atoms with Crippen LogP contribution in [0.15, 0.2) is 54.6 Å². The summed E-state index contributed by atoms with van der Waals surface area (Å²) in [6, 6.07) is 19.4. The molecule has 1 atom stereocenters. The number of benzene rings is 2. The predicted octanol–water partition coefficient (Wildman–Crippen LogP) is 2.84. The highest BCUT2D eigenvalue weighted by Crippen LogP contribution is 2.26. The van der Waals surface area contributed by atoms with Crippen LogP contribution in [-0.4, -0.2) is 10.8 Å². The number of fused-ring (bicyclic) bond motifs is 1. The zero-order chi connectivity index (χ0) is 13.9. The second-order valence-corrected chi connectivity index (χ2v) is 4.94. The van der Waals surface area contributed by atoms with Crippen molar-refractivity contribution in [3.05, 3.63) is 71.3 Å². The fourth-order valence-electron chi connectivity index (χ4n) is 2.59. The lowest BCUT2D eigenvalue weighted by molar-refractivity contribution is -0.132. The molecule has 3 nitrogen and oxygen atoms in total. The lowest BCUT2D eigenvalue weighted by atomic mass is 9.99. The lowest BCUT2D eigenvalue weighted by Crippen LogP contribution is -2.30. The first kappa shape index (κ1) is 12.4. The van der Waals surface area contributed by atoms with Gasteiger partial charge in [-0.2, -0.15) is 5.26 Å². The second-order valence-electron chi connectivity index (χ2n) is 4.94. The van der Waals surface area contributed by atoms with E-state index in [1.165, 1.54) is 11.1 Å². The number of carbonyl (C=O) groups excluding carboxylic acids is 1. The normalized spacial score (nSPS) is 14.4. The van der Waals surface area contributed by atoms with Gasteiger partial charge >= 0.3 is 0 Å². The summed E-state index contributed by atoms with van der Waals surface area (Å²) in [7, 11) is 0. The summed E-state index contributed by atoms with van der Waals surface area (Å²) >= 11 is 0. The molecule has 0 bridgehead atoms. The van der Waals surface area contributed by atoms with Crippen LogP contribution >= 0.6 is 0 Å². The van der Waals surface area contributed by atoms with Crippen LogP contribution in [0.3, 0.4) is 0 Å². The van der Waals surface area contributed by atoms with Crippen LogP contribution in [0, 0.1) is 11.3 Å². The third-order valence-corrected chi connectivity index (χ3v) is 3.66. The summed E-state index contributed by atoms with van der Waals surface area (Å²) in [5.74, 6) is -0.833. The molecule has 0 fully saturated rings. The predicted molar refractivity (Wildman–Crippen MR) is 75.5 cm³/mol. The molecule has 1 heterocycles. The molecule has 1 amide bonds. The summed E-state index contributed by atoms with van der Waals surface area (Å²) in [4.78, 5) is 14.3. The van der Waals surface area contributed by atoms with E-state index in [-0.39, 0.29) is 5.91 Å². The molecule has 0 saturated heterocycles. The van der Waals surface area contributed by atoms with Crippen molar-refractivity contribution in [2.24, 2.45) is 0 Å². The first-order valence-corrected chi connectivity index (χ1v) is 6.59. The van der Waals surface area contributed by atoms with Crippen LogP contribution in [0.5, 0.6) is 0 Å². The molecule has 0 radical (unpaired) electrons. The van der Waals surface area contributed by atoms with Gasteiger partial charge in [-0.15, -0.1) is 0 Å². The summed E-state index contributed by atoms with van der Waals surface area (Å²) in [5.41, 5.74) is 3.10. The molecular formula is C17H14N2O. The van der Waals surface area contributed by atoms with E-state index in [1.54, 1.807) is 4.90 Å². The fraction of sp³-hybridized carbons (Fsp3) is 0.176. The molecule has 1 unspecified atom stereocenters. The van der Waals surface area contributed by atoms with E-state index in [9.17, 15) is 10.1 Å². The number of nitriles is 1. The summed E-state index contributed by atoms with van der Waals surface area (Å²) in [6.07, 6.45) is 0. The molecule has 0 spiro atoms. The Hall–Kier alpha value is -2.60. The van der Waals surface area contributed by atoms with Gasteiger partial charge in [-0.1, -0.05) is 54.6 Å². The Bertz CT molecular complexity index is 648. The summed E-state index contributed by atoms with van der Waals surface area (Å²) < 4.78 is 0. The van der Waals surface area contributed by atoms with Gasteiger partial charge in [0.05, 0.1) is 6.07 Å². The van der Waals surface area contributed by atoms with Gasteiger partial charge in [-0.25, -0.2) is 0 Å². The largest absolute Gasteiger partial charge is 0.333 e. The standard InChI is InChI=1S/C17H14N2O/c18-10-16(13-6-2-1-3-7-13)17(20)19-11-14-8-4-5-9-15(14)12-19/h1-9,16H,11-12H2. The molecule has 98 valence electrons. The van der Waals surface area contributed by atoms with E-state index in [4.69, 9.17) is 0 Å². The number of rotatable bonds is 2. The van der Waals surface area contributed by atoms with Gasteiger partial charge in [0.25, 0.3) is 0 Å². The quantitative estimate of drug-likeness (QED) is 0.835. The van der Waals surface area contributed by atoms with E-state index in [1.807, 2.05) is 54.6 Å². The number of amides is 1. The van der Waals surface area contributed by atoms with Crippen molar-refractivity contribution in [3.63, 3.8) is 0 Å². The molecule has 0 aromatic heterocycles.